The van der Waals surface area contributed by atoms with Crippen LogP contribution in [0.5, 0.6) is 0 Å². The molecule has 1 saturated heterocycles. The van der Waals surface area contributed by atoms with E-state index in [0.717, 1.165) is 11.1 Å². The molecule has 1 aromatic rings. The van der Waals surface area contributed by atoms with E-state index in [-0.39, 0.29) is 31.8 Å². The first-order valence-electron chi connectivity index (χ1n) is 14.2. The number of benzene rings is 1. The number of rotatable bonds is 7. The molecule has 2 N–H and O–H groups in total. The highest BCUT2D eigenvalue weighted by Crippen LogP contribution is 2.47. The molecule has 5 rings (SSSR count). The van der Waals surface area contributed by atoms with Crippen molar-refractivity contribution in [3.63, 3.8) is 0 Å². The molecule has 12 nitrogen and oxygen atoms in total. The topological polar surface area (TPSA) is 151 Å². The Labute approximate surface area is 250 Å². The Bertz CT molecular complexity index is 1410. The fourth-order valence-corrected chi connectivity index (χ4v) is 7.29. The summed E-state index contributed by atoms with van der Waals surface area (Å²) in [6.45, 7) is 7.44. The minimum absolute atomic E-state index is 0.0206. The Morgan fingerprint density at radius 3 is 2.43 bits per heavy atom. The summed E-state index contributed by atoms with van der Waals surface area (Å²) in [6.07, 6.45) is -0.414. The predicted octanol–water partition coefficient (Wildman–Crippen LogP) is 3.06. The van der Waals surface area contributed by atoms with Gasteiger partial charge in [0.15, 0.2) is 0 Å². The van der Waals surface area contributed by atoms with Gasteiger partial charge in [-0.2, -0.15) is 0 Å². The fraction of sp³-hybridized carbons (Fsp3) is 0.643. The molecule has 0 radical (unpaired) electrons. The van der Waals surface area contributed by atoms with Crippen molar-refractivity contribution in [1.29, 1.82) is 0 Å². The third-order valence-electron chi connectivity index (χ3n) is 8.19. The van der Waals surface area contributed by atoms with Gasteiger partial charge in [0.2, 0.25) is 15.9 Å². The van der Waals surface area contributed by atoms with Crippen LogP contribution in [0.2, 0.25) is 5.02 Å². The van der Waals surface area contributed by atoms with Crippen LogP contribution >= 0.6 is 11.6 Å². The van der Waals surface area contributed by atoms with Crippen LogP contribution in [0.1, 0.15) is 70.9 Å². The van der Waals surface area contributed by atoms with E-state index >= 15 is 0 Å². The molecule has 1 aromatic carbocycles. The minimum Gasteiger partial charge on any atom is -0.444 e. The van der Waals surface area contributed by atoms with E-state index in [1.165, 1.54) is 9.80 Å². The van der Waals surface area contributed by atoms with Crippen molar-refractivity contribution in [2.45, 2.75) is 101 Å². The molecule has 0 unspecified atom stereocenters. The van der Waals surface area contributed by atoms with Gasteiger partial charge in [0.25, 0.3) is 5.91 Å². The molecule has 42 heavy (non-hydrogen) atoms. The number of hydrogen-bond acceptors (Lipinski definition) is 8. The lowest BCUT2D eigenvalue weighted by molar-refractivity contribution is -0.132. The molecule has 4 atom stereocenters. The average Bonchev–Trinajstić information content (AvgIpc) is 3.78. The number of amides is 4. The highest BCUT2D eigenvalue weighted by atomic mass is 35.5. The SMILES string of the molecule is CC[C@H]1C[C@]1(NC(=O)[C@@H]1C[C@@H](OC(=O)N2Cc3cccc(Cl)c3C2)CN1C(=O)OC(C)(C)C)C(=O)NS(=O)(=O)C1CC1. The van der Waals surface area contributed by atoms with Crippen LogP contribution in [0.25, 0.3) is 0 Å². The molecule has 230 valence electrons. The van der Waals surface area contributed by atoms with Crippen LogP contribution in [-0.2, 0) is 42.2 Å². The first-order valence-corrected chi connectivity index (χ1v) is 16.2. The van der Waals surface area contributed by atoms with E-state index in [2.05, 4.69) is 10.0 Å². The normalized spacial score (nSPS) is 26.8. The molecule has 3 fully saturated rings. The Kier molecular flexibility index (Phi) is 7.88. The van der Waals surface area contributed by atoms with Gasteiger partial charge in [-0.15, -0.1) is 0 Å². The molecule has 0 bridgehead atoms. The van der Waals surface area contributed by atoms with Crippen molar-refractivity contribution < 1.29 is 37.1 Å². The lowest BCUT2D eigenvalue weighted by Crippen LogP contribution is -2.57. The molecule has 2 saturated carbocycles. The molecule has 4 amide bonds. The number of halogens is 1. The number of nitrogens with zero attached hydrogens (tertiary/aromatic N) is 2. The van der Waals surface area contributed by atoms with Crippen LogP contribution in [-0.4, -0.2) is 77.3 Å². The Balaban J connectivity index is 1.29. The number of fused-ring (bicyclic) bond motifs is 1. The zero-order valence-electron chi connectivity index (χ0n) is 24.1. The van der Waals surface area contributed by atoms with Gasteiger partial charge >= 0.3 is 12.2 Å². The maximum absolute atomic E-state index is 13.7. The van der Waals surface area contributed by atoms with Crippen molar-refractivity contribution in [1.82, 2.24) is 19.8 Å². The quantitative estimate of drug-likeness (QED) is 0.470. The van der Waals surface area contributed by atoms with Crippen molar-refractivity contribution in [2.75, 3.05) is 6.54 Å². The Morgan fingerprint density at radius 1 is 1.12 bits per heavy atom. The van der Waals surface area contributed by atoms with Crippen LogP contribution in [0.4, 0.5) is 9.59 Å². The van der Waals surface area contributed by atoms with Crippen LogP contribution in [0.15, 0.2) is 18.2 Å². The summed E-state index contributed by atoms with van der Waals surface area (Å²) in [7, 11) is -3.82. The van der Waals surface area contributed by atoms with Gasteiger partial charge in [-0.05, 0) is 63.1 Å². The standard InChI is InChI=1S/C28H37ClN4O8S/c1-5-17-12-28(17,24(35)31-42(38,39)19-9-10-19)30-23(34)22-11-18(14-33(22)26(37)41-27(2,3)4)40-25(36)32-13-16-7-6-8-21(29)20(16)15-32/h6-8,17-19,22H,5,9-15H2,1-4H3,(H,30,34)(H,31,35)/t17-,18+,22-,28+/m0/s1. The fourth-order valence-electron chi connectivity index (χ4n) is 5.68. The molecular weight excluding hydrogens is 588 g/mol. The van der Waals surface area contributed by atoms with E-state index < -0.39 is 62.6 Å². The first-order chi connectivity index (χ1) is 19.6. The van der Waals surface area contributed by atoms with E-state index in [1.54, 1.807) is 26.8 Å². The maximum Gasteiger partial charge on any atom is 0.411 e. The summed E-state index contributed by atoms with van der Waals surface area (Å²) in [4.78, 5) is 55.8. The number of sulfonamides is 1. The summed E-state index contributed by atoms with van der Waals surface area (Å²) in [6, 6.07) is 4.35. The highest BCUT2D eigenvalue weighted by Gasteiger charge is 2.62. The van der Waals surface area contributed by atoms with E-state index in [0.29, 0.717) is 30.8 Å². The number of likely N-dealkylation sites (tertiary alicyclic amines) is 1. The molecule has 2 aliphatic heterocycles. The molecule has 0 aromatic heterocycles. The Morgan fingerprint density at radius 2 is 1.83 bits per heavy atom. The van der Waals surface area contributed by atoms with E-state index in [9.17, 15) is 27.6 Å². The second kappa shape index (κ2) is 10.9. The number of carbonyl (C=O) groups excluding carboxylic acids is 4. The summed E-state index contributed by atoms with van der Waals surface area (Å²) in [5, 5.41) is 2.72. The number of carbonyl (C=O) groups is 4. The predicted molar refractivity (Wildman–Crippen MR) is 152 cm³/mol. The zero-order chi connectivity index (χ0) is 30.6. The van der Waals surface area contributed by atoms with Gasteiger partial charge in [-0.1, -0.05) is 37.1 Å². The lowest BCUT2D eigenvalue weighted by Gasteiger charge is -2.29. The van der Waals surface area contributed by atoms with Gasteiger partial charge < -0.3 is 14.8 Å². The van der Waals surface area contributed by atoms with Crippen molar-refractivity contribution >= 4 is 45.6 Å². The zero-order valence-corrected chi connectivity index (χ0v) is 25.7. The van der Waals surface area contributed by atoms with E-state index in [4.69, 9.17) is 21.1 Å². The average molecular weight is 625 g/mol. The number of hydrogen-bond donors (Lipinski definition) is 2. The molecule has 0 spiro atoms. The van der Waals surface area contributed by atoms with E-state index in [1.807, 2.05) is 19.1 Å². The van der Waals surface area contributed by atoms with Gasteiger partial charge in [-0.3, -0.25) is 24.1 Å². The largest absolute Gasteiger partial charge is 0.444 e. The number of nitrogens with one attached hydrogen (secondary N) is 2. The van der Waals surface area contributed by atoms with Crippen molar-refractivity contribution in [3.8, 4) is 0 Å². The third kappa shape index (κ3) is 6.17. The lowest BCUT2D eigenvalue weighted by atomic mass is 10.1. The van der Waals surface area contributed by atoms with Crippen molar-refractivity contribution in [2.24, 2.45) is 5.92 Å². The minimum atomic E-state index is -3.82. The van der Waals surface area contributed by atoms with Crippen LogP contribution in [0, 0.1) is 5.92 Å². The summed E-state index contributed by atoms with van der Waals surface area (Å²) >= 11 is 6.28. The summed E-state index contributed by atoms with van der Waals surface area (Å²) in [5.74, 6) is -1.68. The second-order valence-electron chi connectivity index (χ2n) is 12.6. The molecule has 2 heterocycles. The second-order valence-corrected chi connectivity index (χ2v) is 14.9. The van der Waals surface area contributed by atoms with Gasteiger partial charge in [0.1, 0.15) is 23.3 Å². The Hall–Kier alpha value is -3.06. The smallest absolute Gasteiger partial charge is 0.411 e. The highest BCUT2D eigenvalue weighted by molar-refractivity contribution is 7.91. The van der Waals surface area contributed by atoms with Gasteiger partial charge in [0.05, 0.1) is 18.3 Å². The number of ether oxygens (including phenoxy) is 2. The van der Waals surface area contributed by atoms with Crippen LogP contribution in [0.3, 0.4) is 0 Å². The molecular formula is C28H37ClN4O8S. The first kappa shape index (κ1) is 30.4. The third-order valence-corrected chi connectivity index (χ3v) is 10.4. The molecule has 2 aliphatic carbocycles. The maximum atomic E-state index is 13.7. The summed E-state index contributed by atoms with van der Waals surface area (Å²) < 4.78 is 38.3. The van der Waals surface area contributed by atoms with Gasteiger partial charge in [0, 0.05) is 18.0 Å². The molecule has 14 heteroatoms. The monoisotopic (exact) mass is 624 g/mol. The summed E-state index contributed by atoms with van der Waals surface area (Å²) in [5.41, 5.74) is -0.490. The van der Waals surface area contributed by atoms with Crippen molar-refractivity contribution in [3.05, 3.63) is 34.3 Å². The van der Waals surface area contributed by atoms with Crippen LogP contribution < -0.4 is 10.0 Å². The van der Waals surface area contributed by atoms with Gasteiger partial charge in [-0.25, -0.2) is 18.0 Å². The molecule has 4 aliphatic rings.